The summed E-state index contributed by atoms with van der Waals surface area (Å²) < 4.78 is 11.6. The largest absolute Gasteiger partial charge is 0.461 e. The van der Waals surface area contributed by atoms with Gasteiger partial charge in [-0.3, -0.25) is 4.79 Å². The van der Waals surface area contributed by atoms with Crippen LogP contribution in [0, 0.1) is 0 Å². The predicted molar refractivity (Wildman–Crippen MR) is 71.2 cm³/mol. The molecule has 0 spiro atoms. The molecule has 0 aromatic heterocycles. The Kier molecular flexibility index (Phi) is 5.16. The Morgan fingerprint density at radius 3 is 3.06 bits per heavy atom. The second kappa shape index (κ2) is 6.87. The van der Waals surface area contributed by atoms with Crippen LogP contribution in [0.4, 0.5) is 0 Å². The highest BCUT2D eigenvalue weighted by atomic mass is 79.9. The Balaban J connectivity index is 1.76. The van der Waals surface area contributed by atoms with Gasteiger partial charge >= 0.3 is 5.97 Å². The molecule has 0 bridgehead atoms. The molecule has 98 valence electrons. The highest BCUT2D eigenvalue weighted by Gasteiger charge is 2.18. The number of nitrogens with one attached hydrogen (secondary N) is 1. The van der Waals surface area contributed by atoms with E-state index in [-0.39, 0.29) is 12.1 Å². The Hall–Kier alpha value is -0.910. The van der Waals surface area contributed by atoms with E-state index in [2.05, 4.69) is 21.2 Å². The molecule has 5 heteroatoms. The molecule has 1 atom stereocenters. The van der Waals surface area contributed by atoms with E-state index in [0.717, 1.165) is 16.6 Å². The molecular weight excluding hydrogens is 298 g/mol. The molecule has 1 unspecified atom stereocenters. The second-order valence-corrected chi connectivity index (χ2v) is 5.01. The van der Waals surface area contributed by atoms with Crippen LogP contribution in [0.1, 0.15) is 12.0 Å². The molecule has 1 fully saturated rings. The van der Waals surface area contributed by atoms with Crippen molar-refractivity contribution < 1.29 is 14.3 Å². The van der Waals surface area contributed by atoms with Crippen LogP contribution in [-0.4, -0.2) is 31.8 Å². The lowest BCUT2D eigenvalue weighted by atomic mass is 10.2. The molecule has 4 nitrogen and oxygen atoms in total. The summed E-state index contributed by atoms with van der Waals surface area (Å²) in [5.41, 5.74) is 0.966. The number of carbonyl (C=O) groups is 1. The molecule has 0 radical (unpaired) electrons. The Bertz CT molecular complexity index is 405. The second-order valence-electron chi connectivity index (χ2n) is 4.15. The minimum Gasteiger partial charge on any atom is -0.461 e. The highest BCUT2D eigenvalue weighted by Crippen LogP contribution is 2.17. The summed E-state index contributed by atoms with van der Waals surface area (Å²) in [5, 5.41) is 3.18. The Labute approximate surface area is 115 Å². The number of esters is 1. The van der Waals surface area contributed by atoms with E-state index < -0.39 is 0 Å². The summed E-state index contributed by atoms with van der Waals surface area (Å²) in [6.07, 6.45) is 0.239. The lowest BCUT2D eigenvalue weighted by Gasteiger charge is -2.22. The van der Waals surface area contributed by atoms with Crippen molar-refractivity contribution in [3.05, 3.63) is 34.3 Å². The summed E-state index contributed by atoms with van der Waals surface area (Å²) >= 11 is 3.42. The molecule has 2 rings (SSSR count). The van der Waals surface area contributed by atoms with Gasteiger partial charge in [0.25, 0.3) is 0 Å². The summed E-state index contributed by atoms with van der Waals surface area (Å²) in [5.74, 6) is -0.223. The van der Waals surface area contributed by atoms with E-state index in [4.69, 9.17) is 9.47 Å². The van der Waals surface area contributed by atoms with Gasteiger partial charge in [0.2, 0.25) is 0 Å². The van der Waals surface area contributed by atoms with Crippen molar-refractivity contribution in [2.75, 3.05) is 19.7 Å². The van der Waals surface area contributed by atoms with Crippen LogP contribution in [0.2, 0.25) is 0 Å². The molecule has 1 heterocycles. The number of rotatable bonds is 4. The number of hydrogen-bond acceptors (Lipinski definition) is 4. The lowest BCUT2D eigenvalue weighted by Crippen LogP contribution is -2.39. The standard InChI is InChI=1S/C13H16BrNO3/c14-12-4-2-1-3-10(12)9-18-13(16)7-11-8-15-5-6-17-11/h1-4,11,15H,5-9H2. The number of hydrogen-bond donors (Lipinski definition) is 1. The van der Waals surface area contributed by atoms with Gasteiger partial charge in [-0.2, -0.15) is 0 Å². The van der Waals surface area contributed by atoms with Crippen LogP contribution in [0.3, 0.4) is 0 Å². The van der Waals surface area contributed by atoms with Crippen LogP contribution in [0.25, 0.3) is 0 Å². The maximum atomic E-state index is 11.7. The van der Waals surface area contributed by atoms with Crippen molar-refractivity contribution in [2.24, 2.45) is 0 Å². The molecule has 1 aliphatic rings. The van der Waals surface area contributed by atoms with Gasteiger partial charge < -0.3 is 14.8 Å². The minimum absolute atomic E-state index is 0.0644. The maximum Gasteiger partial charge on any atom is 0.308 e. The van der Waals surface area contributed by atoms with Crippen LogP contribution in [0.15, 0.2) is 28.7 Å². The zero-order chi connectivity index (χ0) is 12.8. The summed E-state index contributed by atoms with van der Waals surface area (Å²) in [4.78, 5) is 11.7. The molecule has 1 N–H and O–H groups in total. The van der Waals surface area contributed by atoms with Crippen molar-refractivity contribution in [3.63, 3.8) is 0 Å². The highest BCUT2D eigenvalue weighted by molar-refractivity contribution is 9.10. The first-order valence-corrected chi connectivity index (χ1v) is 6.76. The monoisotopic (exact) mass is 313 g/mol. The van der Waals surface area contributed by atoms with Crippen molar-refractivity contribution in [1.82, 2.24) is 5.32 Å². The third-order valence-electron chi connectivity index (χ3n) is 2.75. The van der Waals surface area contributed by atoms with Crippen LogP contribution < -0.4 is 5.32 Å². The first-order chi connectivity index (χ1) is 8.75. The van der Waals surface area contributed by atoms with Crippen LogP contribution >= 0.6 is 15.9 Å². The quantitative estimate of drug-likeness (QED) is 0.862. The predicted octanol–water partition coefficient (Wildman–Crippen LogP) is 1.87. The summed E-state index contributed by atoms with van der Waals surface area (Å²) in [6.45, 7) is 2.51. The normalized spacial score (nSPS) is 19.5. The van der Waals surface area contributed by atoms with Crippen LogP contribution in [0.5, 0.6) is 0 Å². The van der Waals surface area contributed by atoms with Gasteiger partial charge in [-0.05, 0) is 6.07 Å². The molecular formula is C13H16BrNO3. The average molecular weight is 314 g/mol. The average Bonchev–Trinajstić information content (AvgIpc) is 2.39. The maximum absolute atomic E-state index is 11.7. The number of halogens is 1. The fourth-order valence-electron chi connectivity index (χ4n) is 1.77. The SMILES string of the molecule is O=C(CC1CNCCO1)OCc1ccccc1Br. The smallest absolute Gasteiger partial charge is 0.308 e. The number of carbonyl (C=O) groups excluding carboxylic acids is 1. The third-order valence-corrected chi connectivity index (χ3v) is 3.52. The Morgan fingerprint density at radius 1 is 1.50 bits per heavy atom. The number of ether oxygens (including phenoxy) is 2. The van der Waals surface area contributed by atoms with Gasteiger partial charge in [0.1, 0.15) is 6.61 Å². The first kappa shape index (κ1) is 13.5. The number of benzene rings is 1. The molecule has 0 aliphatic carbocycles. The van der Waals surface area contributed by atoms with Crippen LogP contribution in [-0.2, 0) is 20.9 Å². The van der Waals surface area contributed by atoms with Gasteiger partial charge in [-0.25, -0.2) is 0 Å². The van der Waals surface area contributed by atoms with Crippen molar-refractivity contribution in [1.29, 1.82) is 0 Å². The molecule has 0 saturated carbocycles. The molecule has 1 aliphatic heterocycles. The first-order valence-electron chi connectivity index (χ1n) is 5.97. The minimum atomic E-state index is -0.223. The van der Waals surface area contributed by atoms with Gasteiger partial charge in [-0.1, -0.05) is 34.1 Å². The Morgan fingerprint density at radius 2 is 2.33 bits per heavy atom. The zero-order valence-corrected chi connectivity index (χ0v) is 11.6. The van der Waals surface area contributed by atoms with E-state index in [1.165, 1.54) is 0 Å². The van der Waals surface area contributed by atoms with Gasteiger partial charge in [0.05, 0.1) is 19.1 Å². The molecule has 1 saturated heterocycles. The topological polar surface area (TPSA) is 47.6 Å². The van der Waals surface area contributed by atoms with E-state index in [0.29, 0.717) is 26.2 Å². The molecule has 1 aromatic rings. The van der Waals surface area contributed by atoms with Gasteiger partial charge in [0, 0.05) is 23.1 Å². The molecule has 0 amide bonds. The van der Waals surface area contributed by atoms with Crippen molar-refractivity contribution in [2.45, 2.75) is 19.1 Å². The third kappa shape index (κ3) is 4.08. The van der Waals surface area contributed by atoms with Gasteiger partial charge in [0.15, 0.2) is 0 Å². The van der Waals surface area contributed by atoms with E-state index in [9.17, 15) is 4.79 Å². The van der Waals surface area contributed by atoms with Gasteiger partial charge in [-0.15, -0.1) is 0 Å². The summed E-state index contributed by atoms with van der Waals surface area (Å²) in [6, 6.07) is 7.70. The fraction of sp³-hybridized carbons (Fsp3) is 0.462. The number of morpholine rings is 1. The van der Waals surface area contributed by atoms with E-state index >= 15 is 0 Å². The molecule has 1 aromatic carbocycles. The summed E-state index contributed by atoms with van der Waals surface area (Å²) in [7, 11) is 0. The van der Waals surface area contributed by atoms with E-state index in [1.807, 2.05) is 24.3 Å². The zero-order valence-electron chi connectivity index (χ0n) is 10.0. The van der Waals surface area contributed by atoms with Crippen molar-refractivity contribution >= 4 is 21.9 Å². The van der Waals surface area contributed by atoms with E-state index in [1.54, 1.807) is 0 Å². The molecule has 18 heavy (non-hydrogen) atoms. The lowest BCUT2D eigenvalue weighted by molar-refractivity contribution is -0.148. The fourth-order valence-corrected chi connectivity index (χ4v) is 2.17. The van der Waals surface area contributed by atoms with Crippen molar-refractivity contribution in [3.8, 4) is 0 Å².